The fourth-order valence-electron chi connectivity index (χ4n) is 2.95. The van der Waals surface area contributed by atoms with Gasteiger partial charge in [0.1, 0.15) is 11.6 Å². The zero-order chi connectivity index (χ0) is 15.5. The molecule has 1 fully saturated rings. The Bertz CT molecular complexity index is 686. The summed E-state index contributed by atoms with van der Waals surface area (Å²) < 4.78 is 13.3. The van der Waals surface area contributed by atoms with E-state index in [9.17, 15) is 14.3 Å². The summed E-state index contributed by atoms with van der Waals surface area (Å²) in [5.74, 6) is 0.0950. The third-order valence-electron chi connectivity index (χ3n) is 4.19. The van der Waals surface area contributed by atoms with Crippen LogP contribution >= 0.6 is 0 Å². The fraction of sp³-hybridized carbons (Fsp3) is 0.278. The number of amides is 1. The van der Waals surface area contributed by atoms with Crippen LogP contribution in [0.4, 0.5) is 4.39 Å². The van der Waals surface area contributed by atoms with Crippen molar-refractivity contribution >= 4 is 5.91 Å². The maximum absolute atomic E-state index is 13.3. The highest BCUT2D eigenvalue weighted by Gasteiger charge is 2.27. The minimum Gasteiger partial charge on any atom is -0.508 e. The van der Waals surface area contributed by atoms with Gasteiger partial charge in [-0.3, -0.25) is 4.79 Å². The third kappa shape index (κ3) is 3.11. The molecule has 0 bridgehead atoms. The Balaban J connectivity index is 1.65. The highest BCUT2D eigenvalue weighted by molar-refractivity contribution is 5.79. The Hall–Kier alpha value is -2.36. The minimum absolute atomic E-state index is 0.000373. The van der Waals surface area contributed by atoms with Crippen LogP contribution in [-0.4, -0.2) is 29.0 Å². The Kier molecular flexibility index (Phi) is 4.09. The normalized spacial score (nSPS) is 17.7. The van der Waals surface area contributed by atoms with E-state index in [1.165, 1.54) is 6.07 Å². The van der Waals surface area contributed by atoms with Gasteiger partial charge >= 0.3 is 0 Å². The molecule has 1 aliphatic rings. The smallest absolute Gasteiger partial charge is 0.227 e. The molecule has 0 spiro atoms. The number of carbonyl (C=O) groups is 1. The van der Waals surface area contributed by atoms with E-state index in [1.807, 2.05) is 12.1 Å². The van der Waals surface area contributed by atoms with E-state index in [0.717, 1.165) is 12.0 Å². The van der Waals surface area contributed by atoms with E-state index in [0.29, 0.717) is 18.7 Å². The van der Waals surface area contributed by atoms with Gasteiger partial charge in [0.15, 0.2) is 0 Å². The van der Waals surface area contributed by atoms with Crippen LogP contribution in [0.2, 0.25) is 0 Å². The van der Waals surface area contributed by atoms with Gasteiger partial charge in [-0.05, 0) is 30.2 Å². The van der Waals surface area contributed by atoms with E-state index in [2.05, 4.69) is 0 Å². The van der Waals surface area contributed by atoms with Crippen molar-refractivity contribution in [3.8, 4) is 5.75 Å². The Labute approximate surface area is 129 Å². The summed E-state index contributed by atoms with van der Waals surface area (Å²) in [5, 5.41) is 9.75. The lowest BCUT2D eigenvalue weighted by molar-refractivity contribution is -0.129. The molecule has 2 aromatic rings. The molecule has 0 saturated carbocycles. The quantitative estimate of drug-likeness (QED) is 0.946. The molecule has 1 atom stereocenters. The molecule has 1 saturated heterocycles. The number of aromatic hydroxyl groups is 1. The second-order valence-electron chi connectivity index (χ2n) is 5.69. The van der Waals surface area contributed by atoms with Crippen molar-refractivity contribution in [1.82, 2.24) is 4.90 Å². The zero-order valence-electron chi connectivity index (χ0n) is 12.2. The number of carbonyl (C=O) groups excluding carboxylic acids is 1. The van der Waals surface area contributed by atoms with Crippen molar-refractivity contribution < 1.29 is 14.3 Å². The first-order valence-corrected chi connectivity index (χ1v) is 7.43. The van der Waals surface area contributed by atoms with Crippen LogP contribution in [-0.2, 0) is 11.2 Å². The van der Waals surface area contributed by atoms with Crippen LogP contribution in [0, 0.1) is 5.82 Å². The number of para-hydroxylation sites is 1. The average Bonchev–Trinajstić information content (AvgIpc) is 2.99. The average molecular weight is 299 g/mol. The van der Waals surface area contributed by atoms with Gasteiger partial charge in [-0.15, -0.1) is 0 Å². The van der Waals surface area contributed by atoms with Gasteiger partial charge in [-0.2, -0.15) is 0 Å². The van der Waals surface area contributed by atoms with Crippen LogP contribution in [0.15, 0.2) is 48.5 Å². The van der Waals surface area contributed by atoms with E-state index >= 15 is 0 Å². The molecule has 4 heteroatoms. The van der Waals surface area contributed by atoms with Gasteiger partial charge in [0.05, 0.1) is 6.42 Å². The van der Waals surface area contributed by atoms with Gasteiger partial charge in [-0.25, -0.2) is 4.39 Å². The first-order valence-electron chi connectivity index (χ1n) is 7.43. The summed E-state index contributed by atoms with van der Waals surface area (Å²) >= 11 is 0. The monoisotopic (exact) mass is 299 g/mol. The Morgan fingerprint density at radius 3 is 2.82 bits per heavy atom. The number of likely N-dealkylation sites (tertiary alicyclic amines) is 1. The molecule has 1 amide bonds. The second-order valence-corrected chi connectivity index (χ2v) is 5.69. The molecule has 1 heterocycles. The third-order valence-corrected chi connectivity index (χ3v) is 4.19. The molecular weight excluding hydrogens is 281 g/mol. The predicted molar refractivity (Wildman–Crippen MR) is 82.1 cm³/mol. The molecule has 0 unspecified atom stereocenters. The SMILES string of the molecule is O=C(Cc1ccccc1O)N1CC[C@@H](c2cccc(F)c2)C1. The summed E-state index contributed by atoms with van der Waals surface area (Å²) in [6.07, 6.45) is 1.04. The number of phenolic OH excluding ortho intramolecular Hbond substituents is 1. The van der Waals surface area contributed by atoms with E-state index in [-0.39, 0.29) is 29.8 Å². The van der Waals surface area contributed by atoms with E-state index in [4.69, 9.17) is 0 Å². The molecule has 22 heavy (non-hydrogen) atoms. The first-order chi connectivity index (χ1) is 10.6. The largest absolute Gasteiger partial charge is 0.508 e. The van der Waals surface area contributed by atoms with Crippen molar-refractivity contribution in [2.45, 2.75) is 18.8 Å². The number of hydrogen-bond donors (Lipinski definition) is 1. The number of nitrogens with zero attached hydrogens (tertiary/aromatic N) is 1. The second kappa shape index (κ2) is 6.18. The maximum Gasteiger partial charge on any atom is 0.227 e. The Morgan fingerprint density at radius 2 is 2.05 bits per heavy atom. The number of phenols is 1. The fourth-order valence-corrected chi connectivity index (χ4v) is 2.95. The highest BCUT2D eigenvalue weighted by Crippen LogP contribution is 2.28. The number of benzene rings is 2. The molecule has 0 radical (unpaired) electrons. The van der Waals surface area contributed by atoms with Crippen LogP contribution in [0.1, 0.15) is 23.5 Å². The standard InChI is InChI=1S/C18H18FNO2/c19-16-6-3-5-13(10-16)15-8-9-20(12-15)18(22)11-14-4-1-2-7-17(14)21/h1-7,10,15,21H,8-9,11-12H2/t15-/m1/s1. The molecule has 0 aromatic heterocycles. The Morgan fingerprint density at radius 1 is 1.23 bits per heavy atom. The van der Waals surface area contributed by atoms with Gasteiger partial charge in [0.2, 0.25) is 5.91 Å². The van der Waals surface area contributed by atoms with Gasteiger partial charge < -0.3 is 10.0 Å². The first kappa shape index (κ1) is 14.6. The van der Waals surface area contributed by atoms with Crippen LogP contribution < -0.4 is 0 Å². The van der Waals surface area contributed by atoms with Crippen molar-refractivity contribution in [3.63, 3.8) is 0 Å². The lowest BCUT2D eigenvalue weighted by Crippen LogP contribution is -2.29. The summed E-state index contributed by atoms with van der Waals surface area (Å²) in [4.78, 5) is 14.1. The van der Waals surface area contributed by atoms with Crippen molar-refractivity contribution in [2.24, 2.45) is 0 Å². The van der Waals surface area contributed by atoms with Crippen LogP contribution in [0.25, 0.3) is 0 Å². The predicted octanol–water partition coefficient (Wildman–Crippen LogP) is 3.09. The lowest BCUT2D eigenvalue weighted by Gasteiger charge is -2.17. The van der Waals surface area contributed by atoms with Gasteiger partial charge in [0.25, 0.3) is 0 Å². The van der Waals surface area contributed by atoms with Crippen LogP contribution in [0.5, 0.6) is 5.75 Å². The van der Waals surface area contributed by atoms with E-state index in [1.54, 1.807) is 35.2 Å². The number of rotatable bonds is 3. The summed E-state index contributed by atoms with van der Waals surface area (Å²) in [6.45, 7) is 1.28. The molecule has 0 aliphatic carbocycles. The highest BCUT2D eigenvalue weighted by atomic mass is 19.1. The summed E-state index contributed by atoms with van der Waals surface area (Å²) in [7, 11) is 0. The molecule has 2 aromatic carbocycles. The zero-order valence-corrected chi connectivity index (χ0v) is 12.2. The molecule has 3 rings (SSSR count). The minimum atomic E-state index is -0.239. The van der Waals surface area contributed by atoms with Crippen molar-refractivity contribution in [3.05, 3.63) is 65.5 Å². The number of halogens is 1. The summed E-state index contributed by atoms with van der Waals surface area (Å²) in [6, 6.07) is 13.5. The molecule has 1 aliphatic heterocycles. The molecule has 114 valence electrons. The van der Waals surface area contributed by atoms with Crippen molar-refractivity contribution in [2.75, 3.05) is 13.1 Å². The van der Waals surface area contributed by atoms with Crippen LogP contribution in [0.3, 0.4) is 0 Å². The van der Waals surface area contributed by atoms with Gasteiger partial charge in [0, 0.05) is 24.6 Å². The maximum atomic E-state index is 13.3. The summed E-state index contributed by atoms with van der Waals surface area (Å²) in [5.41, 5.74) is 1.58. The van der Waals surface area contributed by atoms with Gasteiger partial charge in [-0.1, -0.05) is 30.3 Å². The molecular formula is C18H18FNO2. The molecule has 1 N–H and O–H groups in total. The van der Waals surface area contributed by atoms with Crippen molar-refractivity contribution in [1.29, 1.82) is 0 Å². The lowest BCUT2D eigenvalue weighted by atomic mass is 9.98. The van der Waals surface area contributed by atoms with E-state index < -0.39 is 0 Å². The molecule has 3 nitrogen and oxygen atoms in total. The number of hydrogen-bond acceptors (Lipinski definition) is 2. The topological polar surface area (TPSA) is 40.5 Å².